The van der Waals surface area contributed by atoms with E-state index in [-0.39, 0.29) is 17.7 Å². The van der Waals surface area contributed by atoms with Gasteiger partial charge in [-0.05, 0) is 32.9 Å². The summed E-state index contributed by atoms with van der Waals surface area (Å²) >= 11 is 0. The van der Waals surface area contributed by atoms with Crippen LogP contribution in [0.3, 0.4) is 0 Å². The van der Waals surface area contributed by atoms with E-state index in [4.69, 9.17) is 18.5 Å². The van der Waals surface area contributed by atoms with Gasteiger partial charge in [0.05, 0.1) is 12.7 Å². The third-order valence-corrected chi connectivity index (χ3v) is 6.50. The Hall–Kier alpha value is -2.80. The number of hydrogen-bond donors (Lipinski definition) is 4. The van der Waals surface area contributed by atoms with Gasteiger partial charge in [0.25, 0.3) is 5.91 Å². The van der Waals surface area contributed by atoms with E-state index >= 15 is 0 Å². The van der Waals surface area contributed by atoms with E-state index in [1.165, 1.54) is 6.92 Å². The Bertz CT molecular complexity index is 1010. The van der Waals surface area contributed by atoms with E-state index in [2.05, 4.69) is 22.1 Å². The van der Waals surface area contributed by atoms with Gasteiger partial charge in [0.1, 0.15) is 42.1 Å². The first-order valence-electron chi connectivity index (χ1n) is 10.8. The molecular weight excluding hydrogens is 483 g/mol. The number of amides is 1. The largest absolute Gasteiger partial charge is 0.462 e. The van der Waals surface area contributed by atoms with Gasteiger partial charge in [-0.3, -0.25) is 14.1 Å². The molecule has 0 aromatic heterocycles. The molecule has 0 bridgehead atoms. The summed E-state index contributed by atoms with van der Waals surface area (Å²) in [6.07, 6.45) is -4.72. The van der Waals surface area contributed by atoms with Crippen LogP contribution in [-0.4, -0.2) is 76.6 Å². The molecular formula is C21H29N4O9P. The van der Waals surface area contributed by atoms with Crippen molar-refractivity contribution in [1.29, 1.82) is 0 Å². The van der Waals surface area contributed by atoms with Gasteiger partial charge in [-0.2, -0.15) is 10.2 Å². The van der Waals surface area contributed by atoms with Gasteiger partial charge in [0.2, 0.25) is 0 Å². The van der Waals surface area contributed by atoms with E-state index in [9.17, 15) is 24.4 Å². The lowest BCUT2D eigenvalue weighted by molar-refractivity contribution is -0.149. The molecule has 1 unspecified atom stereocenters. The normalized spacial score (nSPS) is 26.9. The second kappa shape index (κ2) is 11.3. The van der Waals surface area contributed by atoms with Crippen LogP contribution >= 0.6 is 7.75 Å². The van der Waals surface area contributed by atoms with Crippen molar-refractivity contribution in [2.24, 2.45) is 5.10 Å². The van der Waals surface area contributed by atoms with Crippen LogP contribution in [0, 0.1) is 0 Å². The van der Waals surface area contributed by atoms with Crippen LogP contribution in [0.4, 0.5) is 0 Å². The lowest BCUT2D eigenvalue weighted by Gasteiger charge is -2.30. The van der Waals surface area contributed by atoms with Crippen molar-refractivity contribution in [2.75, 3.05) is 6.61 Å². The third kappa shape index (κ3) is 6.88. The van der Waals surface area contributed by atoms with Crippen LogP contribution in [-0.2, 0) is 28.2 Å². The first kappa shape index (κ1) is 26.8. The minimum Gasteiger partial charge on any atom is -0.462 e. The Balaban J connectivity index is 1.72. The summed E-state index contributed by atoms with van der Waals surface area (Å²) in [6, 6.07) is 7.08. The molecule has 1 aromatic rings. The van der Waals surface area contributed by atoms with Gasteiger partial charge in [-0.15, -0.1) is 0 Å². The number of carbonyl (C=O) groups excluding carboxylic acids is 2. The van der Waals surface area contributed by atoms with E-state index in [1.54, 1.807) is 44.2 Å². The summed E-state index contributed by atoms with van der Waals surface area (Å²) in [6.45, 7) is 7.93. The molecule has 1 fully saturated rings. The zero-order chi connectivity index (χ0) is 25.8. The number of esters is 1. The monoisotopic (exact) mass is 512 g/mol. The van der Waals surface area contributed by atoms with Crippen molar-refractivity contribution < 1.29 is 42.9 Å². The van der Waals surface area contributed by atoms with Crippen LogP contribution in [0.15, 0.2) is 47.8 Å². The highest BCUT2D eigenvalue weighted by Gasteiger charge is 2.48. The van der Waals surface area contributed by atoms with Crippen molar-refractivity contribution >= 4 is 25.8 Å². The van der Waals surface area contributed by atoms with Crippen molar-refractivity contribution in [2.45, 2.75) is 57.5 Å². The second-order valence-corrected chi connectivity index (χ2v) is 9.80. The zero-order valence-electron chi connectivity index (χ0n) is 19.4. The number of para-hydroxylation sites is 1. The topological polar surface area (TPSA) is 168 Å². The first-order valence-corrected chi connectivity index (χ1v) is 12.4. The van der Waals surface area contributed by atoms with Crippen LogP contribution in [0.1, 0.15) is 20.8 Å². The average Bonchev–Trinajstić information content (AvgIpc) is 3.06. The molecule has 35 heavy (non-hydrogen) atoms. The highest BCUT2D eigenvalue weighted by Crippen LogP contribution is 2.45. The average molecular weight is 512 g/mol. The van der Waals surface area contributed by atoms with Gasteiger partial charge in [-0.1, -0.05) is 24.8 Å². The highest BCUT2D eigenvalue weighted by atomic mass is 31.2. The predicted octanol–water partition coefficient (Wildman–Crippen LogP) is 0.455. The third-order valence-electron chi connectivity index (χ3n) is 4.86. The number of nitrogens with zero attached hydrogens (tertiary/aromatic N) is 2. The maximum absolute atomic E-state index is 13.5. The second-order valence-electron chi connectivity index (χ2n) is 8.11. The number of ether oxygens (including phenoxy) is 2. The highest BCUT2D eigenvalue weighted by molar-refractivity contribution is 7.52. The minimum absolute atomic E-state index is 0.0348. The van der Waals surface area contributed by atoms with E-state index in [0.717, 1.165) is 11.2 Å². The molecule has 2 aliphatic heterocycles. The minimum atomic E-state index is -4.21. The van der Waals surface area contributed by atoms with Crippen LogP contribution in [0.5, 0.6) is 5.75 Å². The molecule has 0 saturated carbocycles. The molecule has 4 N–H and O–H groups in total. The van der Waals surface area contributed by atoms with Crippen LogP contribution < -0.4 is 14.9 Å². The number of hydrogen-bond acceptors (Lipinski definition) is 11. The molecule has 1 aromatic carbocycles. The Morgan fingerprint density at radius 3 is 2.60 bits per heavy atom. The Morgan fingerprint density at radius 2 is 1.97 bits per heavy atom. The van der Waals surface area contributed by atoms with Crippen molar-refractivity contribution in [3.05, 3.63) is 42.7 Å². The fourth-order valence-corrected chi connectivity index (χ4v) is 4.71. The summed E-state index contributed by atoms with van der Waals surface area (Å²) < 4.78 is 35.4. The predicted molar refractivity (Wildman–Crippen MR) is 123 cm³/mol. The van der Waals surface area contributed by atoms with Crippen LogP contribution in [0.2, 0.25) is 0 Å². The van der Waals surface area contributed by atoms with Crippen molar-refractivity contribution in [3.63, 3.8) is 0 Å². The summed E-state index contributed by atoms with van der Waals surface area (Å²) in [5.41, 5.74) is 0. The fourth-order valence-electron chi connectivity index (χ4n) is 3.21. The number of hydrazone groups is 1. The first-order chi connectivity index (χ1) is 16.5. The molecule has 14 heteroatoms. The van der Waals surface area contributed by atoms with Crippen LogP contribution in [0.25, 0.3) is 0 Å². The number of nitrogens with one attached hydrogen (secondary N) is 2. The molecule has 1 amide bonds. The quantitative estimate of drug-likeness (QED) is 0.254. The number of aliphatic hydroxyl groups is 2. The molecule has 6 atom stereocenters. The number of benzene rings is 1. The molecule has 1 saturated heterocycles. The Morgan fingerprint density at radius 1 is 1.29 bits per heavy atom. The molecule has 3 rings (SSSR count). The molecule has 0 aliphatic carbocycles. The van der Waals surface area contributed by atoms with Gasteiger partial charge < -0.3 is 29.5 Å². The molecule has 0 spiro atoms. The zero-order valence-corrected chi connectivity index (χ0v) is 20.3. The van der Waals surface area contributed by atoms with Gasteiger partial charge in [0.15, 0.2) is 6.23 Å². The fraction of sp³-hybridized carbons (Fsp3) is 0.476. The van der Waals surface area contributed by atoms with E-state index in [0.29, 0.717) is 0 Å². The lowest BCUT2D eigenvalue weighted by Crippen LogP contribution is -2.47. The smallest absolute Gasteiger partial charge is 0.459 e. The Kier molecular flexibility index (Phi) is 8.65. The van der Waals surface area contributed by atoms with Crippen molar-refractivity contribution in [1.82, 2.24) is 15.4 Å². The maximum Gasteiger partial charge on any atom is 0.459 e. The van der Waals surface area contributed by atoms with E-state index < -0.39 is 56.8 Å². The molecule has 13 nitrogen and oxygen atoms in total. The standard InChI is InChI=1S/C21H29N4O9P/c1-12(2)32-21(29)13(3)24-35(30,34-15-8-6-5-7-9-15)31-11-16-18(27)19(28)20(33-16)25-14(4)23-17(26)10-22-25/h5-10,12-13,16,18-20,27-28H,4,11H2,1-3H3,(H,23,26)(H,24,30)/t13-,16+,18-,19?,20+,35-/m0/s1. The number of rotatable bonds is 10. The maximum atomic E-state index is 13.5. The number of aliphatic hydroxyl groups excluding tert-OH is 2. The summed E-state index contributed by atoms with van der Waals surface area (Å²) in [5, 5.41) is 30.8. The SMILES string of the molecule is C=C1NC(=O)C=NN1[C@@H]1O[C@H](CO[P@@](=O)(N[C@@H](C)C(=O)OC(C)C)Oc2ccccc2)[C@H](O)C1O. The summed E-state index contributed by atoms with van der Waals surface area (Å²) in [5.74, 6) is -0.938. The van der Waals surface area contributed by atoms with Gasteiger partial charge in [-0.25, -0.2) is 9.57 Å². The van der Waals surface area contributed by atoms with E-state index in [1.807, 2.05) is 0 Å². The van der Waals surface area contributed by atoms with Gasteiger partial charge in [0, 0.05) is 0 Å². The summed E-state index contributed by atoms with van der Waals surface area (Å²) in [4.78, 5) is 23.6. The summed E-state index contributed by atoms with van der Waals surface area (Å²) in [7, 11) is -4.21. The Labute approximate surface area is 202 Å². The molecule has 2 aliphatic rings. The molecule has 192 valence electrons. The molecule has 0 radical (unpaired) electrons. The lowest BCUT2D eigenvalue weighted by atomic mass is 10.1. The van der Waals surface area contributed by atoms with Gasteiger partial charge >= 0.3 is 13.7 Å². The van der Waals surface area contributed by atoms with Crippen molar-refractivity contribution in [3.8, 4) is 5.75 Å². The number of carbonyl (C=O) groups is 2. The molecule has 2 heterocycles.